The second-order valence-corrected chi connectivity index (χ2v) is 14.1. The fraction of sp³-hybridized carbons (Fsp3) is 0.400. The number of aromatic nitrogens is 2. The predicted octanol–water partition coefficient (Wildman–Crippen LogP) is 5.08. The van der Waals surface area contributed by atoms with Crippen LogP contribution < -0.4 is 14.4 Å². The largest absolute Gasteiger partial charge is 0.748 e. The summed E-state index contributed by atoms with van der Waals surface area (Å²) >= 11 is 25.4. The molecule has 3 aromatic rings. The van der Waals surface area contributed by atoms with Crippen molar-refractivity contribution in [1.82, 2.24) is 4.57 Å². The van der Waals surface area contributed by atoms with E-state index in [-0.39, 0.29) is 25.9 Å². The van der Waals surface area contributed by atoms with Crippen LogP contribution in [0.4, 0.5) is 11.4 Å². The Hall–Kier alpha value is -1.77. The van der Waals surface area contributed by atoms with Gasteiger partial charge in [0.05, 0.1) is 70.9 Å². The van der Waals surface area contributed by atoms with Gasteiger partial charge in [-0.2, -0.15) is 0 Å². The summed E-state index contributed by atoms with van der Waals surface area (Å²) < 4.78 is 72.0. The molecule has 0 N–H and O–H groups in total. The first-order chi connectivity index (χ1) is 19.1. The van der Waals surface area contributed by atoms with Crippen molar-refractivity contribution in [3.05, 3.63) is 56.0 Å². The van der Waals surface area contributed by atoms with Crippen molar-refractivity contribution in [3.63, 3.8) is 0 Å². The second kappa shape index (κ2) is 12.5. The highest BCUT2D eigenvalue weighted by Crippen LogP contribution is 2.46. The van der Waals surface area contributed by atoms with Crippen molar-refractivity contribution in [2.24, 2.45) is 0 Å². The van der Waals surface area contributed by atoms with Crippen LogP contribution in [0.3, 0.4) is 0 Å². The van der Waals surface area contributed by atoms with Crippen LogP contribution in [0.5, 0.6) is 0 Å². The number of fused-ring (bicyclic) bond motifs is 2. The Bertz CT molecular complexity index is 1740. The molecule has 0 spiro atoms. The van der Waals surface area contributed by atoms with Crippen molar-refractivity contribution in [2.75, 3.05) is 34.4 Å². The summed E-state index contributed by atoms with van der Waals surface area (Å²) in [6, 6.07) is 6.83. The van der Waals surface area contributed by atoms with Crippen LogP contribution in [0.15, 0.2) is 30.1 Å². The number of aryl methyl sites for hydroxylation is 2. The van der Waals surface area contributed by atoms with Crippen LogP contribution in [0, 0.1) is 0 Å². The molecule has 1 aromatic heterocycles. The van der Waals surface area contributed by atoms with E-state index in [1.165, 1.54) is 0 Å². The molecule has 1 aliphatic rings. The molecule has 0 fully saturated rings. The highest BCUT2D eigenvalue weighted by molar-refractivity contribution is 7.85. The summed E-state index contributed by atoms with van der Waals surface area (Å²) in [7, 11) is -8.87. The quantitative estimate of drug-likeness (QED) is 0.202. The van der Waals surface area contributed by atoms with Crippen LogP contribution >= 0.6 is 46.4 Å². The number of rotatable bonds is 11. The SMILES string of the molecule is CCN1C(=Cc2n(CC)c3cc(Cl)c(Cl)cc3[n+]2CCCS(=O)(=O)[O-])N(CCCS(=O)(=O)[O-])c2cc(Cl)c(Cl)cc21. The Labute approximate surface area is 259 Å². The standard InChI is InChI=1S/C25H28Cl4N4O6S2/c1-3-30-20-11-16(26)18(28)13-22(20)32(7-5-9-40(34,35)36)24(30)15-25-31(4-2)21-12-17(27)19(29)14-23(21)33(25)8-6-10-41(37,38)39/h11-15H,3-10H2,1-2H3,(H-,34,35,36,37,38,39)/p-1. The molecule has 4 rings (SSSR count). The third-order valence-electron chi connectivity index (χ3n) is 6.75. The first-order valence-electron chi connectivity index (χ1n) is 12.7. The lowest BCUT2D eigenvalue weighted by molar-refractivity contribution is -0.673. The monoisotopic (exact) mass is 683 g/mol. The van der Waals surface area contributed by atoms with Crippen molar-refractivity contribution >= 4 is 95.1 Å². The minimum atomic E-state index is -4.43. The van der Waals surface area contributed by atoms with Crippen LogP contribution in [-0.2, 0) is 33.3 Å². The number of halogens is 4. The molecule has 1 aliphatic heterocycles. The van der Waals surface area contributed by atoms with E-state index in [9.17, 15) is 25.9 Å². The fourth-order valence-electron chi connectivity index (χ4n) is 5.06. The molecule has 2 aromatic carbocycles. The number of imidazole rings is 1. The molecule has 0 saturated heterocycles. The Kier molecular flexibility index (Phi) is 9.77. The molecule has 10 nitrogen and oxygen atoms in total. The molecule has 16 heteroatoms. The van der Waals surface area contributed by atoms with E-state index < -0.39 is 31.7 Å². The fourth-order valence-corrected chi connectivity index (χ4v) is 6.66. The van der Waals surface area contributed by atoms with Gasteiger partial charge in [-0.15, -0.1) is 0 Å². The van der Waals surface area contributed by atoms with Gasteiger partial charge in [0, 0.05) is 36.7 Å². The van der Waals surface area contributed by atoms with Crippen molar-refractivity contribution in [3.8, 4) is 0 Å². The van der Waals surface area contributed by atoms with Gasteiger partial charge in [0.1, 0.15) is 5.82 Å². The zero-order valence-corrected chi connectivity index (χ0v) is 26.8. The number of hydrogen-bond acceptors (Lipinski definition) is 8. The summed E-state index contributed by atoms with van der Waals surface area (Å²) in [5.74, 6) is 0.221. The zero-order valence-electron chi connectivity index (χ0n) is 22.1. The molecule has 0 amide bonds. The molecule has 41 heavy (non-hydrogen) atoms. The van der Waals surface area contributed by atoms with E-state index in [1.807, 2.05) is 38.9 Å². The van der Waals surface area contributed by atoms with Crippen LogP contribution in [0.1, 0.15) is 32.5 Å². The van der Waals surface area contributed by atoms with E-state index in [2.05, 4.69) is 0 Å². The number of anilines is 2. The normalized spacial score (nSPS) is 15.0. The van der Waals surface area contributed by atoms with E-state index in [1.54, 1.807) is 24.3 Å². The molecule has 0 saturated carbocycles. The molecule has 0 atom stereocenters. The molecule has 0 radical (unpaired) electrons. The first-order valence-corrected chi connectivity index (χ1v) is 17.4. The first kappa shape index (κ1) is 32.2. The van der Waals surface area contributed by atoms with Crippen molar-refractivity contribution in [1.29, 1.82) is 0 Å². The van der Waals surface area contributed by atoms with Crippen molar-refractivity contribution < 1.29 is 30.5 Å². The zero-order chi connectivity index (χ0) is 30.3. The van der Waals surface area contributed by atoms with Crippen molar-refractivity contribution in [2.45, 2.75) is 39.8 Å². The van der Waals surface area contributed by atoms with Gasteiger partial charge in [0.15, 0.2) is 11.0 Å². The average Bonchev–Trinajstić information content (AvgIpc) is 3.29. The minimum Gasteiger partial charge on any atom is -0.748 e. The van der Waals surface area contributed by atoms with E-state index >= 15 is 0 Å². The molecular formula is C25H27Cl4N4O6S2-. The highest BCUT2D eigenvalue weighted by Gasteiger charge is 2.34. The third kappa shape index (κ3) is 7.07. The van der Waals surface area contributed by atoms with E-state index in [0.717, 1.165) is 11.2 Å². The van der Waals surface area contributed by atoms with E-state index in [4.69, 9.17) is 46.4 Å². The van der Waals surface area contributed by atoms with Crippen LogP contribution in [-0.4, -0.2) is 55.1 Å². The lowest BCUT2D eigenvalue weighted by Gasteiger charge is -2.24. The molecule has 224 valence electrons. The van der Waals surface area contributed by atoms with Gasteiger partial charge in [0.25, 0.3) is 5.82 Å². The second-order valence-electron chi connectivity index (χ2n) is 9.39. The summed E-state index contributed by atoms with van der Waals surface area (Å²) in [5.41, 5.74) is 2.86. The minimum absolute atomic E-state index is 0.0593. The average molecular weight is 685 g/mol. The van der Waals surface area contributed by atoms with Gasteiger partial charge in [-0.05, 0) is 38.8 Å². The highest BCUT2D eigenvalue weighted by atomic mass is 35.5. The third-order valence-corrected chi connectivity index (χ3v) is 9.77. The summed E-state index contributed by atoms with van der Waals surface area (Å²) in [6.45, 7) is 5.26. The molecular weight excluding hydrogens is 658 g/mol. The van der Waals surface area contributed by atoms with Crippen LogP contribution in [0.25, 0.3) is 17.1 Å². The number of nitrogens with zero attached hydrogens (tertiary/aromatic N) is 4. The van der Waals surface area contributed by atoms with E-state index in [0.29, 0.717) is 56.0 Å². The number of benzene rings is 2. The Morgan fingerprint density at radius 1 is 0.780 bits per heavy atom. The number of hydrogen-bond donors (Lipinski definition) is 0. The molecule has 0 bridgehead atoms. The van der Waals surface area contributed by atoms with Gasteiger partial charge in [-0.3, -0.25) is 0 Å². The lowest BCUT2D eigenvalue weighted by Crippen LogP contribution is -2.38. The lowest BCUT2D eigenvalue weighted by atomic mass is 10.2. The summed E-state index contributed by atoms with van der Waals surface area (Å²) in [6.07, 6.45) is 2.00. The smallest absolute Gasteiger partial charge is 0.286 e. The maximum absolute atomic E-state index is 11.4. The Balaban J connectivity index is 1.94. The molecule has 2 heterocycles. The Morgan fingerprint density at radius 2 is 1.32 bits per heavy atom. The van der Waals surface area contributed by atoms with Crippen LogP contribution in [0.2, 0.25) is 20.1 Å². The Morgan fingerprint density at radius 3 is 1.88 bits per heavy atom. The van der Waals surface area contributed by atoms with Gasteiger partial charge in [-0.1, -0.05) is 46.4 Å². The van der Waals surface area contributed by atoms with Gasteiger partial charge in [-0.25, -0.2) is 26.0 Å². The maximum Gasteiger partial charge on any atom is 0.286 e. The van der Waals surface area contributed by atoms with Gasteiger partial charge in [0.2, 0.25) is 0 Å². The topological polar surface area (TPSA) is 130 Å². The molecule has 0 aliphatic carbocycles. The maximum atomic E-state index is 11.4. The van der Waals surface area contributed by atoms with Gasteiger partial charge < -0.3 is 18.9 Å². The molecule has 0 unspecified atom stereocenters. The summed E-state index contributed by atoms with van der Waals surface area (Å²) in [5, 5.41) is 1.30. The predicted molar refractivity (Wildman–Crippen MR) is 161 cm³/mol. The summed E-state index contributed by atoms with van der Waals surface area (Å²) in [4.78, 5) is 3.85. The van der Waals surface area contributed by atoms with Gasteiger partial charge >= 0.3 is 0 Å².